The fourth-order valence-corrected chi connectivity index (χ4v) is 1.60. The van der Waals surface area contributed by atoms with Gasteiger partial charge >= 0.3 is 0 Å². The van der Waals surface area contributed by atoms with Crippen LogP contribution in [0.3, 0.4) is 0 Å². The van der Waals surface area contributed by atoms with Gasteiger partial charge in [-0.25, -0.2) is 0 Å². The molecule has 0 bridgehead atoms. The Balaban J connectivity index is 2.43. The van der Waals surface area contributed by atoms with Gasteiger partial charge in [0.25, 0.3) is 0 Å². The van der Waals surface area contributed by atoms with Gasteiger partial charge in [-0.3, -0.25) is 0 Å². The lowest BCUT2D eigenvalue weighted by Crippen LogP contribution is -2.27. The Bertz CT molecular complexity index is 353. The molecule has 0 aliphatic rings. The predicted octanol–water partition coefficient (Wildman–Crippen LogP) is 2.87. The molecule has 0 spiro atoms. The number of hydrogen-bond acceptors (Lipinski definition) is 3. The van der Waals surface area contributed by atoms with Gasteiger partial charge < -0.3 is 10.1 Å². The molecule has 1 aromatic rings. The highest BCUT2D eigenvalue weighted by molar-refractivity contribution is 5.27. The Kier molecular flexibility index (Phi) is 6.13. The van der Waals surface area contributed by atoms with E-state index in [1.807, 2.05) is 19.1 Å². The van der Waals surface area contributed by atoms with Crippen molar-refractivity contribution in [2.75, 3.05) is 6.61 Å². The van der Waals surface area contributed by atoms with E-state index in [1.165, 1.54) is 5.56 Å². The first-order valence-corrected chi connectivity index (χ1v) is 6.12. The molecule has 0 amide bonds. The van der Waals surface area contributed by atoms with Gasteiger partial charge in [0, 0.05) is 12.6 Å². The lowest BCUT2D eigenvalue weighted by Gasteiger charge is -2.13. The van der Waals surface area contributed by atoms with Crippen LogP contribution in [0.4, 0.5) is 0 Å². The highest BCUT2D eigenvalue weighted by atomic mass is 16.5. The first-order chi connectivity index (χ1) is 8.30. The molecule has 3 heteroatoms. The molecule has 0 aliphatic heterocycles. The Morgan fingerprint density at radius 1 is 1.29 bits per heavy atom. The van der Waals surface area contributed by atoms with Gasteiger partial charge in [-0.2, -0.15) is 5.26 Å². The van der Waals surface area contributed by atoms with E-state index in [0.717, 1.165) is 18.7 Å². The molecule has 3 nitrogen and oxygen atoms in total. The zero-order valence-corrected chi connectivity index (χ0v) is 10.6. The SMILES string of the molecule is CCOc1ccc(CNC(CC)CC#N)cc1. The summed E-state index contributed by atoms with van der Waals surface area (Å²) in [5.74, 6) is 0.903. The number of rotatable bonds is 7. The van der Waals surface area contributed by atoms with Crippen LogP contribution in [-0.4, -0.2) is 12.6 Å². The molecule has 1 atom stereocenters. The minimum absolute atomic E-state index is 0.284. The second kappa shape index (κ2) is 7.70. The van der Waals surface area contributed by atoms with E-state index in [9.17, 15) is 0 Å². The van der Waals surface area contributed by atoms with Crippen molar-refractivity contribution in [1.29, 1.82) is 5.26 Å². The molecule has 0 fully saturated rings. The van der Waals surface area contributed by atoms with Crippen molar-refractivity contribution < 1.29 is 4.74 Å². The van der Waals surface area contributed by atoms with E-state index in [4.69, 9.17) is 10.00 Å². The Morgan fingerprint density at radius 2 is 2.00 bits per heavy atom. The highest BCUT2D eigenvalue weighted by Gasteiger charge is 2.04. The first-order valence-electron chi connectivity index (χ1n) is 6.12. The fourth-order valence-electron chi connectivity index (χ4n) is 1.60. The van der Waals surface area contributed by atoms with Crippen LogP contribution in [0.5, 0.6) is 5.75 Å². The van der Waals surface area contributed by atoms with E-state index < -0.39 is 0 Å². The smallest absolute Gasteiger partial charge is 0.119 e. The zero-order valence-electron chi connectivity index (χ0n) is 10.6. The van der Waals surface area contributed by atoms with Crippen molar-refractivity contribution >= 4 is 0 Å². The zero-order chi connectivity index (χ0) is 12.5. The third-order valence-corrected chi connectivity index (χ3v) is 2.66. The van der Waals surface area contributed by atoms with Crippen LogP contribution in [-0.2, 0) is 6.54 Å². The maximum absolute atomic E-state index is 8.65. The second-order valence-corrected chi connectivity index (χ2v) is 3.93. The molecule has 1 unspecified atom stereocenters. The molecular formula is C14H20N2O. The Hall–Kier alpha value is -1.53. The van der Waals surface area contributed by atoms with Crippen LogP contribution in [0.15, 0.2) is 24.3 Å². The number of hydrogen-bond donors (Lipinski definition) is 1. The monoisotopic (exact) mass is 232 g/mol. The summed E-state index contributed by atoms with van der Waals surface area (Å²) in [6.45, 7) is 5.56. The molecule has 17 heavy (non-hydrogen) atoms. The Morgan fingerprint density at radius 3 is 2.53 bits per heavy atom. The molecule has 0 radical (unpaired) electrons. The van der Waals surface area contributed by atoms with Gasteiger partial charge in [0.1, 0.15) is 5.75 Å². The third-order valence-electron chi connectivity index (χ3n) is 2.66. The van der Waals surface area contributed by atoms with Crippen LogP contribution >= 0.6 is 0 Å². The molecule has 92 valence electrons. The molecule has 1 N–H and O–H groups in total. The number of ether oxygens (including phenoxy) is 1. The van der Waals surface area contributed by atoms with Gasteiger partial charge in [-0.1, -0.05) is 19.1 Å². The fraction of sp³-hybridized carbons (Fsp3) is 0.500. The lowest BCUT2D eigenvalue weighted by atomic mass is 10.1. The maximum Gasteiger partial charge on any atom is 0.119 e. The summed E-state index contributed by atoms with van der Waals surface area (Å²) < 4.78 is 5.38. The molecule has 0 aromatic heterocycles. The maximum atomic E-state index is 8.65. The normalized spacial score (nSPS) is 11.8. The third kappa shape index (κ3) is 4.88. The molecule has 1 aromatic carbocycles. The average molecular weight is 232 g/mol. The summed E-state index contributed by atoms with van der Waals surface area (Å²) >= 11 is 0. The summed E-state index contributed by atoms with van der Waals surface area (Å²) in [4.78, 5) is 0. The van der Waals surface area contributed by atoms with E-state index >= 15 is 0 Å². The molecular weight excluding hydrogens is 212 g/mol. The second-order valence-electron chi connectivity index (χ2n) is 3.93. The van der Waals surface area contributed by atoms with Gasteiger partial charge in [-0.15, -0.1) is 0 Å². The highest BCUT2D eigenvalue weighted by Crippen LogP contribution is 2.12. The minimum atomic E-state index is 0.284. The van der Waals surface area contributed by atoms with Crippen LogP contribution in [0, 0.1) is 11.3 Å². The molecule has 0 saturated carbocycles. The number of nitrogens with one attached hydrogen (secondary N) is 1. The largest absolute Gasteiger partial charge is 0.494 e. The quantitative estimate of drug-likeness (QED) is 0.786. The van der Waals surface area contributed by atoms with Crippen molar-refractivity contribution in [2.45, 2.75) is 39.3 Å². The van der Waals surface area contributed by atoms with Crippen LogP contribution in [0.1, 0.15) is 32.3 Å². The van der Waals surface area contributed by atoms with E-state index in [2.05, 4.69) is 30.4 Å². The summed E-state index contributed by atoms with van der Waals surface area (Å²) in [6.07, 6.45) is 1.54. The topological polar surface area (TPSA) is 45.0 Å². The van der Waals surface area contributed by atoms with Gasteiger partial charge in [0.05, 0.1) is 19.1 Å². The van der Waals surface area contributed by atoms with E-state index in [0.29, 0.717) is 13.0 Å². The summed E-state index contributed by atoms with van der Waals surface area (Å²) in [5.41, 5.74) is 1.21. The van der Waals surface area contributed by atoms with Gasteiger partial charge in [-0.05, 0) is 31.0 Å². The Labute approximate surface area is 103 Å². The minimum Gasteiger partial charge on any atom is -0.494 e. The van der Waals surface area contributed by atoms with Crippen molar-refractivity contribution in [1.82, 2.24) is 5.32 Å². The van der Waals surface area contributed by atoms with Gasteiger partial charge in [0.15, 0.2) is 0 Å². The summed E-state index contributed by atoms with van der Waals surface area (Å²) in [5, 5.41) is 12.0. The predicted molar refractivity (Wildman–Crippen MR) is 68.8 cm³/mol. The van der Waals surface area contributed by atoms with Crippen LogP contribution in [0.25, 0.3) is 0 Å². The van der Waals surface area contributed by atoms with E-state index in [-0.39, 0.29) is 6.04 Å². The van der Waals surface area contributed by atoms with Crippen molar-refractivity contribution in [3.8, 4) is 11.8 Å². The standard InChI is InChI=1S/C14H20N2O/c1-3-13(9-10-15)16-11-12-5-7-14(8-6-12)17-4-2/h5-8,13,16H,3-4,9,11H2,1-2H3. The average Bonchev–Trinajstić information content (AvgIpc) is 2.36. The van der Waals surface area contributed by atoms with Crippen LogP contribution < -0.4 is 10.1 Å². The lowest BCUT2D eigenvalue weighted by molar-refractivity contribution is 0.340. The number of nitrogens with zero attached hydrogens (tertiary/aromatic N) is 1. The van der Waals surface area contributed by atoms with Crippen LogP contribution in [0.2, 0.25) is 0 Å². The van der Waals surface area contributed by atoms with Crippen molar-refractivity contribution in [3.63, 3.8) is 0 Å². The number of benzene rings is 1. The summed E-state index contributed by atoms with van der Waals surface area (Å²) in [7, 11) is 0. The van der Waals surface area contributed by atoms with Crippen molar-refractivity contribution in [2.24, 2.45) is 0 Å². The molecule has 0 saturated heterocycles. The molecule has 1 rings (SSSR count). The summed E-state index contributed by atoms with van der Waals surface area (Å²) in [6, 6.07) is 10.5. The molecule has 0 aliphatic carbocycles. The van der Waals surface area contributed by atoms with Gasteiger partial charge in [0.2, 0.25) is 0 Å². The number of nitriles is 1. The van der Waals surface area contributed by atoms with Crippen molar-refractivity contribution in [3.05, 3.63) is 29.8 Å². The first kappa shape index (κ1) is 13.5. The molecule has 0 heterocycles. The van der Waals surface area contributed by atoms with E-state index in [1.54, 1.807) is 0 Å².